The van der Waals surface area contributed by atoms with Crippen LogP contribution in [0, 0.1) is 0 Å². The SMILES string of the molecule is CCC(C)OCCNc1ccc(O)cc1Cl. The molecule has 1 unspecified atom stereocenters. The number of rotatable bonds is 6. The van der Waals surface area contributed by atoms with Gasteiger partial charge in [0.2, 0.25) is 0 Å². The molecule has 0 heterocycles. The van der Waals surface area contributed by atoms with Gasteiger partial charge in [-0.2, -0.15) is 0 Å². The first-order valence-corrected chi connectivity index (χ1v) is 5.85. The zero-order chi connectivity index (χ0) is 12.0. The second kappa shape index (κ2) is 6.61. The number of phenolic OH excluding ortho intramolecular Hbond substituents is 1. The molecule has 0 amide bonds. The molecule has 0 saturated carbocycles. The number of anilines is 1. The van der Waals surface area contributed by atoms with Gasteiger partial charge < -0.3 is 15.2 Å². The van der Waals surface area contributed by atoms with Crippen molar-refractivity contribution in [3.8, 4) is 5.75 Å². The van der Waals surface area contributed by atoms with Gasteiger partial charge in [0.1, 0.15) is 5.75 Å². The minimum atomic E-state index is 0.173. The van der Waals surface area contributed by atoms with Gasteiger partial charge in [-0.1, -0.05) is 18.5 Å². The fourth-order valence-electron chi connectivity index (χ4n) is 1.21. The van der Waals surface area contributed by atoms with Crippen LogP contribution in [0.3, 0.4) is 0 Å². The molecule has 1 rings (SSSR count). The van der Waals surface area contributed by atoms with E-state index >= 15 is 0 Å². The molecule has 1 aromatic rings. The molecule has 0 spiro atoms. The lowest BCUT2D eigenvalue weighted by molar-refractivity contribution is 0.0713. The van der Waals surface area contributed by atoms with Crippen LogP contribution < -0.4 is 5.32 Å². The summed E-state index contributed by atoms with van der Waals surface area (Å²) in [7, 11) is 0. The van der Waals surface area contributed by atoms with E-state index in [0.717, 1.165) is 12.1 Å². The van der Waals surface area contributed by atoms with Crippen molar-refractivity contribution in [3.63, 3.8) is 0 Å². The minimum absolute atomic E-state index is 0.173. The van der Waals surface area contributed by atoms with Crippen LogP contribution >= 0.6 is 11.6 Å². The second-order valence-electron chi connectivity index (χ2n) is 3.68. The van der Waals surface area contributed by atoms with Crippen LogP contribution in [0.15, 0.2) is 18.2 Å². The highest BCUT2D eigenvalue weighted by Crippen LogP contribution is 2.25. The molecule has 0 bridgehead atoms. The molecule has 0 aliphatic heterocycles. The highest BCUT2D eigenvalue weighted by molar-refractivity contribution is 6.33. The molecule has 0 fully saturated rings. The lowest BCUT2D eigenvalue weighted by Gasteiger charge is -2.12. The Balaban J connectivity index is 2.32. The minimum Gasteiger partial charge on any atom is -0.508 e. The summed E-state index contributed by atoms with van der Waals surface area (Å²) in [4.78, 5) is 0. The molecule has 90 valence electrons. The van der Waals surface area contributed by atoms with Crippen LogP contribution in [0.5, 0.6) is 5.75 Å². The van der Waals surface area contributed by atoms with Crippen molar-refractivity contribution in [1.29, 1.82) is 0 Å². The van der Waals surface area contributed by atoms with E-state index in [1.807, 2.05) is 6.92 Å². The topological polar surface area (TPSA) is 41.5 Å². The highest BCUT2D eigenvalue weighted by Gasteiger charge is 2.01. The van der Waals surface area contributed by atoms with Crippen molar-refractivity contribution in [2.24, 2.45) is 0 Å². The first-order valence-electron chi connectivity index (χ1n) is 5.47. The Bertz CT molecular complexity index is 331. The van der Waals surface area contributed by atoms with E-state index < -0.39 is 0 Å². The maximum Gasteiger partial charge on any atom is 0.117 e. The predicted molar refractivity (Wildman–Crippen MR) is 67.3 cm³/mol. The standard InChI is InChI=1S/C12H18ClNO2/c1-3-9(2)16-7-6-14-12-5-4-10(15)8-11(12)13/h4-5,8-9,14-15H,3,6-7H2,1-2H3. The van der Waals surface area contributed by atoms with E-state index in [2.05, 4.69) is 12.2 Å². The van der Waals surface area contributed by atoms with Gasteiger partial charge in [-0.3, -0.25) is 0 Å². The largest absolute Gasteiger partial charge is 0.508 e. The Morgan fingerprint density at radius 1 is 1.50 bits per heavy atom. The van der Waals surface area contributed by atoms with Gasteiger partial charge in [0.25, 0.3) is 0 Å². The molecule has 1 aromatic carbocycles. The van der Waals surface area contributed by atoms with Crippen LogP contribution in [0.4, 0.5) is 5.69 Å². The molecule has 2 N–H and O–H groups in total. The summed E-state index contributed by atoms with van der Waals surface area (Å²) in [6.07, 6.45) is 1.30. The number of hydrogen-bond acceptors (Lipinski definition) is 3. The quantitative estimate of drug-likeness (QED) is 0.595. The van der Waals surface area contributed by atoms with E-state index in [9.17, 15) is 5.11 Å². The van der Waals surface area contributed by atoms with Crippen molar-refractivity contribution in [2.75, 3.05) is 18.5 Å². The first kappa shape index (κ1) is 13.1. The van der Waals surface area contributed by atoms with Crippen LogP contribution in [0.25, 0.3) is 0 Å². The number of halogens is 1. The Hall–Kier alpha value is -0.930. The first-order chi connectivity index (χ1) is 7.63. The van der Waals surface area contributed by atoms with Crippen LogP contribution in [0.1, 0.15) is 20.3 Å². The molecule has 0 aliphatic rings. The van der Waals surface area contributed by atoms with Crippen molar-refractivity contribution in [3.05, 3.63) is 23.2 Å². The summed E-state index contributed by atoms with van der Waals surface area (Å²) in [5.41, 5.74) is 0.812. The third-order valence-corrected chi connectivity index (χ3v) is 2.66. The summed E-state index contributed by atoms with van der Waals surface area (Å²) in [6.45, 7) is 5.49. The third-order valence-electron chi connectivity index (χ3n) is 2.35. The van der Waals surface area contributed by atoms with Gasteiger partial charge in [-0.05, 0) is 25.5 Å². The number of phenols is 1. The van der Waals surface area contributed by atoms with Crippen LogP contribution in [-0.2, 0) is 4.74 Å². The molecular weight excluding hydrogens is 226 g/mol. The predicted octanol–water partition coefficient (Wildman–Crippen LogP) is 3.27. The fourth-order valence-corrected chi connectivity index (χ4v) is 1.45. The van der Waals surface area contributed by atoms with Crippen molar-refractivity contribution >= 4 is 17.3 Å². The third kappa shape index (κ3) is 4.29. The van der Waals surface area contributed by atoms with E-state index in [-0.39, 0.29) is 11.9 Å². The number of ether oxygens (including phenoxy) is 1. The number of aromatic hydroxyl groups is 1. The number of benzene rings is 1. The van der Waals surface area contributed by atoms with Gasteiger partial charge in [-0.15, -0.1) is 0 Å². The van der Waals surface area contributed by atoms with Gasteiger partial charge >= 0.3 is 0 Å². The van der Waals surface area contributed by atoms with Crippen LogP contribution in [0.2, 0.25) is 5.02 Å². The van der Waals surface area contributed by atoms with Gasteiger partial charge in [-0.25, -0.2) is 0 Å². The molecule has 16 heavy (non-hydrogen) atoms. The maximum absolute atomic E-state index is 9.18. The summed E-state index contributed by atoms with van der Waals surface area (Å²) in [6, 6.07) is 4.87. The lowest BCUT2D eigenvalue weighted by Crippen LogP contribution is -2.14. The smallest absolute Gasteiger partial charge is 0.117 e. The van der Waals surface area contributed by atoms with Crippen LogP contribution in [-0.4, -0.2) is 24.4 Å². The average molecular weight is 244 g/mol. The van der Waals surface area contributed by atoms with Crippen molar-refractivity contribution < 1.29 is 9.84 Å². The summed E-state index contributed by atoms with van der Waals surface area (Å²) < 4.78 is 5.52. The summed E-state index contributed by atoms with van der Waals surface area (Å²) in [5, 5.41) is 12.8. The van der Waals surface area contributed by atoms with Gasteiger partial charge in [0.05, 0.1) is 23.4 Å². The van der Waals surface area contributed by atoms with E-state index in [1.54, 1.807) is 12.1 Å². The molecule has 0 radical (unpaired) electrons. The Morgan fingerprint density at radius 2 is 2.25 bits per heavy atom. The molecule has 1 atom stereocenters. The molecular formula is C12H18ClNO2. The fraction of sp³-hybridized carbons (Fsp3) is 0.500. The highest BCUT2D eigenvalue weighted by atomic mass is 35.5. The Morgan fingerprint density at radius 3 is 2.88 bits per heavy atom. The number of nitrogens with one attached hydrogen (secondary N) is 1. The zero-order valence-corrected chi connectivity index (χ0v) is 10.4. The summed E-state index contributed by atoms with van der Waals surface area (Å²) in [5.74, 6) is 0.173. The average Bonchev–Trinajstić information content (AvgIpc) is 2.26. The molecule has 3 nitrogen and oxygen atoms in total. The van der Waals surface area contributed by atoms with E-state index in [1.165, 1.54) is 6.07 Å². The Kier molecular flexibility index (Phi) is 5.43. The van der Waals surface area contributed by atoms with Crippen molar-refractivity contribution in [1.82, 2.24) is 0 Å². The molecule has 0 saturated heterocycles. The van der Waals surface area contributed by atoms with E-state index in [0.29, 0.717) is 18.2 Å². The molecule has 0 aliphatic carbocycles. The molecule has 4 heteroatoms. The van der Waals surface area contributed by atoms with Gasteiger partial charge in [0, 0.05) is 12.6 Å². The molecule has 0 aromatic heterocycles. The summed E-state index contributed by atoms with van der Waals surface area (Å²) >= 11 is 5.93. The van der Waals surface area contributed by atoms with Gasteiger partial charge in [0.15, 0.2) is 0 Å². The second-order valence-corrected chi connectivity index (χ2v) is 4.09. The normalized spacial score (nSPS) is 12.4. The van der Waals surface area contributed by atoms with E-state index in [4.69, 9.17) is 16.3 Å². The maximum atomic E-state index is 9.18. The number of hydrogen-bond donors (Lipinski definition) is 2. The Labute approximate surface area is 101 Å². The monoisotopic (exact) mass is 243 g/mol. The zero-order valence-electron chi connectivity index (χ0n) is 9.66. The lowest BCUT2D eigenvalue weighted by atomic mass is 10.3. The van der Waals surface area contributed by atoms with Crippen molar-refractivity contribution in [2.45, 2.75) is 26.4 Å².